The van der Waals surface area contributed by atoms with Crippen LogP contribution in [0.4, 0.5) is 5.69 Å². The fraction of sp³-hybridized carbons (Fsp3) is 0.375. The summed E-state index contributed by atoms with van der Waals surface area (Å²) in [5.74, 6) is -0.148. The maximum atomic E-state index is 13.3. The smallest absolute Gasteiger partial charge is 0.356 e. The molecule has 8 nitrogen and oxygen atoms in total. The number of para-hydroxylation sites is 1. The van der Waals surface area contributed by atoms with Crippen LogP contribution in [0, 0.1) is 5.92 Å². The van der Waals surface area contributed by atoms with E-state index in [0.717, 1.165) is 29.6 Å². The summed E-state index contributed by atoms with van der Waals surface area (Å²) in [5.41, 5.74) is 2.53. The van der Waals surface area contributed by atoms with Gasteiger partial charge in [0.1, 0.15) is 5.69 Å². The van der Waals surface area contributed by atoms with Crippen molar-refractivity contribution in [2.24, 2.45) is 5.92 Å². The number of fused-ring (bicyclic) bond motifs is 5. The molecule has 2 aliphatic heterocycles. The molecule has 166 valence electrons. The molecule has 2 bridgehead atoms. The second kappa shape index (κ2) is 7.94. The van der Waals surface area contributed by atoms with Crippen LogP contribution in [0.3, 0.4) is 0 Å². The standard InChI is InChI=1S/C24H26N4O4/c1-14(27-11-15-10-16(13-27)19-8-5-9-20(29)28(19)12-15)23(30)26-21-17-6-3-4-7-18(17)25-22(21)24(31)32-2/h3-9,14-16,25H,10-13H2,1-2H3,(H,26,30). The van der Waals surface area contributed by atoms with Crippen LogP contribution in [-0.2, 0) is 16.1 Å². The quantitative estimate of drug-likeness (QED) is 0.616. The molecule has 32 heavy (non-hydrogen) atoms. The summed E-state index contributed by atoms with van der Waals surface area (Å²) in [6.07, 6.45) is 1.03. The number of anilines is 1. The van der Waals surface area contributed by atoms with Crippen LogP contribution in [0.5, 0.6) is 0 Å². The number of aromatic amines is 1. The molecule has 3 unspecified atom stereocenters. The van der Waals surface area contributed by atoms with Crippen LogP contribution >= 0.6 is 0 Å². The third kappa shape index (κ3) is 3.40. The number of piperidine rings is 1. The van der Waals surface area contributed by atoms with E-state index in [0.29, 0.717) is 24.7 Å². The lowest BCUT2D eigenvalue weighted by Crippen LogP contribution is -2.52. The molecular weight excluding hydrogens is 408 g/mol. The number of benzene rings is 1. The molecule has 1 fully saturated rings. The Morgan fingerprint density at radius 3 is 2.75 bits per heavy atom. The predicted molar refractivity (Wildman–Crippen MR) is 121 cm³/mol. The van der Waals surface area contributed by atoms with Crippen LogP contribution in [0.2, 0.25) is 0 Å². The number of H-pyrrole nitrogens is 1. The Labute approximate surface area is 185 Å². The normalized spacial score (nSPS) is 21.1. The number of rotatable bonds is 4. The van der Waals surface area contributed by atoms with Crippen molar-refractivity contribution in [3.8, 4) is 0 Å². The molecule has 1 saturated heterocycles. The van der Waals surface area contributed by atoms with Crippen molar-refractivity contribution in [3.63, 3.8) is 0 Å². The van der Waals surface area contributed by atoms with Gasteiger partial charge in [0.25, 0.3) is 5.56 Å². The number of methoxy groups -OCH3 is 1. The van der Waals surface area contributed by atoms with Gasteiger partial charge in [0.2, 0.25) is 5.91 Å². The molecule has 0 radical (unpaired) electrons. The van der Waals surface area contributed by atoms with Crippen LogP contribution in [0.15, 0.2) is 47.3 Å². The molecule has 2 aliphatic rings. The number of carbonyl (C=O) groups excluding carboxylic acids is 2. The number of hydrogen-bond acceptors (Lipinski definition) is 5. The fourth-order valence-electron chi connectivity index (χ4n) is 5.17. The first-order valence-electron chi connectivity index (χ1n) is 10.9. The number of nitrogens with one attached hydrogen (secondary N) is 2. The van der Waals surface area contributed by atoms with Crippen molar-refractivity contribution >= 4 is 28.5 Å². The zero-order chi connectivity index (χ0) is 22.4. The minimum atomic E-state index is -0.529. The Kier molecular flexibility index (Phi) is 5.09. The number of aromatic nitrogens is 2. The van der Waals surface area contributed by atoms with Gasteiger partial charge in [-0.15, -0.1) is 0 Å². The number of pyridine rings is 1. The number of likely N-dealkylation sites (tertiary alicyclic amines) is 1. The summed E-state index contributed by atoms with van der Waals surface area (Å²) in [6, 6.07) is 12.5. The molecule has 3 aromatic rings. The van der Waals surface area contributed by atoms with E-state index < -0.39 is 5.97 Å². The lowest BCUT2D eigenvalue weighted by atomic mass is 9.82. The van der Waals surface area contributed by atoms with Crippen LogP contribution in [0.1, 0.15) is 35.4 Å². The van der Waals surface area contributed by atoms with Gasteiger partial charge < -0.3 is 19.6 Å². The highest BCUT2D eigenvalue weighted by Crippen LogP contribution is 2.36. The van der Waals surface area contributed by atoms with E-state index in [-0.39, 0.29) is 29.1 Å². The van der Waals surface area contributed by atoms with Gasteiger partial charge in [0.05, 0.1) is 18.8 Å². The van der Waals surface area contributed by atoms with Gasteiger partial charge in [-0.2, -0.15) is 0 Å². The molecule has 3 atom stereocenters. The van der Waals surface area contributed by atoms with E-state index >= 15 is 0 Å². The second-order valence-electron chi connectivity index (χ2n) is 8.73. The highest BCUT2D eigenvalue weighted by atomic mass is 16.5. The zero-order valence-corrected chi connectivity index (χ0v) is 18.1. The van der Waals surface area contributed by atoms with Crippen molar-refractivity contribution in [1.29, 1.82) is 0 Å². The molecule has 2 aromatic heterocycles. The predicted octanol–water partition coefficient (Wildman–Crippen LogP) is 2.56. The molecule has 8 heteroatoms. The Morgan fingerprint density at radius 2 is 1.94 bits per heavy atom. The molecule has 0 saturated carbocycles. The summed E-state index contributed by atoms with van der Waals surface area (Å²) in [5, 5.41) is 3.73. The molecule has 0 spiro atoms. The lowest BCUT2D eigenvalue weighted by Gasteiger charge is -2.44. The number of carbonyl (C=O) groups is 2. The Morgan fingerprint density at radius 1 is 1.12 bits per heavy atom. The fourth-order valence-corrected chi connectivity index (χ4v) is 5.17. The largest absolute Gasteiger partial charge is 0.464 e. The average Bonchev–Trinajstić information content (AvgIpc) is 3.17. The molecule has 0 aliphatic carbocycles. The van der Waals surface area contributed by atoms with E-state index in [9.17, 15) is 14.4 Å². The van der Waals surface area contributed by atoms with Gasteiger partial charge in [-0.25, -0.2) is 4.79 Å². The topological polar surface area (TPSA) is 96.4 Å². The van der Waals surface area contributed by atoms with Crippen LogP contribution < -0.4 is 10.9 Å². The van der Waals surface area contributed by atoms with Gasteiger partial charge in [-0.3, -0.25) is 14.5 Å². The monoisotopic (exact) mass is 434 g/mol. The Hall–Kier alpha value is -3.39. The van der Waals surface area contributed by atoms with Crippen molar-refractivity contribution in [3.05, 3.63) is 64.2 Å². The average molecular weight is 434 g/mol. The SMILES string of the molecule is COC(=O)c1[nH]c2ccccc2c1NC(=O)C(C)N1CC2CC(C1)c1cccc(=O)n1C2. The first-order valence-corrected chi connectivity index (χ1v) is 10.9. The van der Waals surface area contributed by atoms with Gasteiger partial charge in [-0.05, 0) is 31.4 Å². The maximum Gasteiger partial charge on any atom is 0.356 e. The molecule has 1 aromatic carbocycles. The summed E-state index contributed by atoms with van der Waals surface area (Å²) < 4.78 is 6.78. The summed E-state index contributed by atoms with van der Waals surface area (Å²) in [6.45, 7) is 4.04. The van der Waals surface area contributed by atoms with Crippen molar-refractivity contribution in [2.45, 2.75) is 31.8 Å². The molecule has 4 heterocycles. The van der Waals surface area contributed by atoms with E-state index in [1.54, 1.807) is 6.07 Å². The Balaban J connectivity index is 1.39. The Bertz CT molecular complexity index is 1260. The number of amides is 1. The number of esters is 1. The third-order valence-corrected chi connectivity index (χ3v) is 6.78. The van der Waals surface area contributed by atoms with Crippen molar-refractivity contribution in [2.75, 3.05) is 25.5 Å². The number of ether oxygens (including phenoxy) is 1. The summed E-state index contributed by atoms with van der Waals surface area (Å²) in [7, 11) is 1.32. The minimum absolute atomic E-state index is 0.0473. The van der Waals surface area contributed by atoms with E-state index in [1.807, 2.05) is 47.9 Å². The van der Waals surface area contributed by atoms with E-state index in [4.69, 9.17) is 4.74 Å². The van der Waals surface area contributed by atoms with E-state index in [1.165, 1.54) is 7.11 Å². The first kappa shape index (κ1) is 20.5. The van der Waals surface area contributed by atoms with Gasteiger partial charge >= 0.3 is 5.97 Å². The molecule has 2 N–H and O–H groups in total. The maximum absolute atomic E-state index is 13.3. The van der Waals surface area contributed by atoms with Crippen molar-refractivity contribution < 1.29 is 14.3 Å². The number of hydrogen-bond donors (Lipinski definition) is 2. The van der Waals surface area contributed by atoms with Gasteiger partial charge in [0.15, 0.2) is 0 Å². The minimum Gasteiger partial charge on any atom is -0.464 e. The summed E-state index contributed by atoms with van der Waals surface area (Å²) in [4.78, 5) is 43.0. The van der Waals surface area contributed by atoms with Crippen molar-refractivity contribution in [1.82, 2.24) is 14.5 Å². The molecular formula is C24H26N4O4. The zero-order valence-electron chi connectivity index (χ0n) is 18.1. The number of nitrogens with zero attached hydrogens (tertiary/aromatic N) is 2. The third-order valence-electron chi connectivity index (χ3n) is 6.78. The lowest BCUT2D eigenvalue weighted by molar-refractivity contribution is -0.121. The highest BCUT2D eigenvalue weighted by molar-refractivity contribution is 6.11. The van der Waals surface area contributed by atoms with Gasteiger partial charge in [0, 0.05) is 48.2 Å². The molecule has 5 rings (SSSR count). The second-order valence-corrected chi connectivity index (χ2v) is 8.73. The van der Waals surface area contributed by atoms with Gasteiger partial charge in [-0.1, -0.05) is 24.3 Å². The summed E-state index contributed by atoms with van der Waals surface area (Å²) >= 11 is 0. The van der Waals surface area contributed by atoms with Crippen LogP contribution in [0.25, 0.3) is 10.9 Å². The van der Waals surface area contributed by atoms with Crippen LogP contribution in [-0.4, -0.2) is 52.6 Å². The van der Waals surface area contributed by atoms with E-state index in [2.05, 4.69) is 15.2 Å². The highest BCUT2D eigenvalue weighted by Gasteiger charge is 2.37. The molecule has 1 amide bonds. The first-order chi connectivity index (χ1) is 15.5.